The van der Waals surface area contributed by atoms with E-state index in [1.54, 1.807) is 0 Å². The summed E-state index contributed by atoms with van der Waals surface area (Å²) < 4.78 is 0. The Morgan fingerprint density at radius 1 is 1.16 bits per heavy atom. The molecule has 3 heteroatoms. The standard InChI is InChI=1S/C16H25ClN2/c1-14-10-15(12-16(17)11-14)13-18-6-5-9-19-7-3-2-4-8-19/h10-12,18H,2-9,13H2,1H3. The van der Waals surface area contributed by atoms with E-state index in [2.05, 4.69) is 23.2 Å². The van der Waals surface area contributed by atoms with Gasteiger partial charge in [-0.25, -0.2) is 0 Å². The molecule has 106 valence electrons. The molecule has 0 bridgehead atoms. The molecule has 1 saturated heterocycles. The van der Waals surface area contributed by atoms with Gasteiger partial charge in [0, 0.05) is 11.6 Å². The van der Waals surface area contributed by atoms with Gasteiger partial charge in [0.1, 0.15) is 0 Å². The van der Waals surface area contributed by atoms with Crippen LogP contribution < -0.4 is 5.32 Å². The molecule has 0 saturated carbocycles. The van der Waals surface area contributed by atoms with Crippen LogP contribution >= 0.6 is 11.6 Å². The van der Waals surface area contributed by atoms with Crippen molar-refractivity contribution in [3.63, 3.8) is 0 Å². The lowest BCUT2D eigenvalue weighted by molar-refractivity contribution is 0.225. The molecule has 1 aliphatic rings. The molecule has 1 heterocycles. The van der Waals surface area contributed by atoms with Crippen LogP contribution in [0.5, 0.6) is 0 Å². The van der Waals surface area contributed by atoms with Gasteiger partial charge >= 0.3 is 0 Å². The average Bonchev–Trinajstić information content (AvgIpc) is 2.38. The molecule has 2 rings (SSSR count). The van der Waals surface area contributed by atoms with Gasteiger partial charge in [0.25, 0.3) is 0 Å². The minimum Gasteiger partial charge on any atom is -0.313 e. The fraction of sp³-hybridized carbons (Fsp3) is 0.625. The summed E-state index contributed by atoms with van der Waals surface area (Å²) in [4.78, 5) is 2.59. The zero-order valence-electron chi connectivity index (χ0n) is 11.9. The molecule has 0 amide bonds. The summed E-state index contributed by atoms with van der Waals surface area (Å²) in [6.07, 6.45) is 5.42. The molecule has 1 aromatic rings. The molecule has 0 atom stereocenters. The molecule has 0 spiro atoms. The summed E-state index contributed by atoms with van der Waals surface area (Å²) in [6, 6.07) is 6.25. The molecule has 0 radical (unpaired) electrons. The van der Waals surface area contributed by atoms with Crippen molar-refractivity contribution in [3.8, 4) is 0 Å². The minimum absolute atomic E-state index is 0.838. The number of nitrogens with one attached hydrogen (secondary N) is 1. The Kier molecular flexibility index (Phi) is 6.15. The highest BCUT2D eigenvalue weighted by molar-refractivity contribution is 6.30. The SMILES string of the molecule is Cc1cc(Cl)cc(CNCCCN2CCCCC2)c1. The van der Waals surface area contributed by atoms with E-state index in [-0.39, 0.29) is 0 Å². The zero-order valence-corrected chi connectivity index (χ0v) is 12.7. The Morgan fingerprint density at radius 3 is 2.68 bits per heavy atom. The second kappa shape index (κ2) is 7.88. The van der Waals surface area contributed by atoms with Crippen LogP contribution in [0.3, 0.4) is 0 Å². The lowest BCUT2D eigenvalue weighted by atomic mass is 10.1. The first-order valence-corrected chi connectivity index (χ1v) is 7.81. The zero-order chi connectivity index (χ0) is 13.5. The monoisotopic (exact) mass is 280 g/mol. The maximum Gasteiger partial charge on any atom is 0.0411 e. The third kappa shape index (κ3) is 5.52. The van der Waals surface area contributed by atoms with Crippen LogP contribution in [0.2, 0.25) is 5.02 Å². The number of hydrogen-bond acceptors (Lipinski definition) is 2. The second-order valence-electron chi connectivity index (χ2n) is 5.57. The van der Waals surface area contributed by atoms with Gasteiger partial charge < -0.3 is 10.2 Å². The van der Waals surface area contributed by atoms with Crippen LogP contribution in [0.1, 0.15) is 36.8 Å². The molecular formula is C16H25ClN2. The molecule has 1 aromatic carbocycles. The number of aryl methyl sites for hydroxylation is 1. The predicted molar refractivity (Wildman–Crippen MR) is 82.8 cm³/mol. The average molecular weight is 281 g/mol. The van der Waals surface area contributed by atoms with E-state index in [9.17, 15) is 0 Å². The van der Waals surface area contributed by atoms with Gasteiger partial charge in [-0.1, -0.05) is 24.1 Å². The van der Waals surface area contributed by atoms with E-state index in [1.165, 1.54) is 56.4 Å². The van der Waals surface area contributed by atoms with Crippen molar-refractivity contribution in [2.45, 2.75) is 39.2 Å². The fourth-order valence-electron chi connectivity index (χ4n) is 2.76. The van der Waals surface area contributed by atoms with Crippen molar-refractivity contribution in [3.05, 3.63) is 34.3 Å². The maximum absolute atomic E-state index is 6.06. The van der Waals surface area contributed by atoms with E-state index in [0.717, 1.165) is 18.1 Å². The maximum atomic E-state index is 6.06. The van der Waals surface area contributed by atoms with E-state index >= 15 is 0 Å². The first-order chi connectivity index (χ1) is 9.24. The number of likely N-dealkylation sites (tertiary alicyclic amines) is 1. The molecule has 0 aromatic heterocycles. The normalized spacial score (nSPS) is 16.7. The minimum atomic E-state index is 0.838. The smallest absolute Gasteiger partial charge is 0.0411 e. The van der Waals surface area contributed by atoms with Gasteiger partial charge in [-0.15, -0.1) is 0 Å². The summed E-state index contributed by atoms with van der Waals surface area (Å²) in [6.45, 7) is 7.93. The van der Waals surface area contributed by atoms with E-state index < -0.39 is 0 Å². The molecule has 0 unspecified atom stereocenters. The van der Waals surface area contributed by atoms with Gasteiger partial charge in [0.15, 0.2) is 0 Å². The van der Waals surface area contributed by atoms with Crippen LogP contribution in [0, 0.1) is 6.92 Å². The van der Waals surface area contributed by atoms with Crippen LogP contribution in [-0.2, 0) is 6.54 Å². The summed E-state index contributed by atoms with van der Waals surface area (Å²) >= 11 is 6.06. The highest BCUT2D eigenvalue weighted by atomic mass is 35.5. The van der Waals surface area contributed by atoms with E-state index in [4.69, 9.17) is 11.6 Å². The summed E-state index contributed by atoms with van der Waals surface area (Å²) in [5.41, 5.74) is 2.51. The van der Waals surface area contributed by atoms with Gasteiger partial charge in [-0.05, 0) is 75.6 Å². The highest BCUT2D eigenvalue weighted by Gasteiger charge is 2.08. The van der Waals surface area contributed by atoms with Crippen LogP contribution in [0.15, 0.2) is 18.2 Å². The van der Waals surface area contributed by atoms with Crippen LogP contribution in [0.25, 0.3) is 0 Å². The Morgan fingerprint density at radius 2 is 1.95 bits per heavy atom. The Labute approximate surface area is 122 Å². The summed E-state index contributed by atoms with van der Waals surface area (Å²) in [5, 5.41) is 4.35. The summed E-state index contributed by atoms with van der Waals surface area (Å²) in [5.74, 6) is 0. The van der Waals surface area contributed by atoms with Crippen molar-refractivity contribution in [2.24, 2.45) is 0 Å². The molecule has 19 heavy (non-hydrogen) atoms. The first-order valence-electron chi connectivity index (χ1n) is 7.43. The Hall–Kier alpha value is -0.570. The Bertz CT molecular complexity index is 366. The lowest BCUT2D eigenvalue weighted by Crippen LogP contribution is -2.32. The topological polar surface area (TPSA) is 15.3 Å². The van der Waals surface area contributed by atoms with Gasteiger partial charge in [-0.2, -0.15) is 0 Å². The summed E-state index contributed by atoms with van der Waals surface area (Å²) in [7, 11) is 0. The second-order valence-corrected chi connectivity index (χ2v) is 6.01. The quantitative estimate of drug-likeness (QED) is 0.801. The van der Waals surface area contributed by atoms with Crippen molar-refractivity contribution < 1.29 is 0 Å². The number of piperidine rings is 1. The van der Waals surface area contributed by atoms with Crippen molar-refractivity contribution >= 4 is 11.6 Å². The number of rotatable bonds is 6. The van der Waals surface area contributed by atoms with Crippen molar-refractivity contribution in [2.75, 3.05) is 26.2 Å². The molecule has 1 aliphatic heterocycles. The highest BCUT2D eigenvalue weighted by Crippen LogP contribution is 2.14. The van der Waals surface area contributed by atoms with Crippen molar-refractivity contribution in [1.82, 2.24) is 10.2 Å². The van der Waals surface area contributed by atoms with E-state index in [0.29, 0.717) is 0 Å². The van der Waals surface area contributed by atoms with E-state index in [1.807, 2.05) is 12.1 Å². The van der Waals surface area contributed by atoms with Gasteiger partial charge in [0.05, 0.1) is 0 Å². The fourth-order valence-corrected chi connectivity index (χ4v) is 3.07. The molecule has 0 aliphatic carbocycles. The number of halogens is 1. The number of hydrogen-bond donors (Lipinski definition) is 1. The van der Waals surface area contributed by atoms with Crippen LogP contribution in [-0.4, -0.2) is 31.1 Å². The largest absolute Gasteiger partial charge is 0.313 e. The predicted octanol–water partition coefficient (Wildman–Crippen LogP) is 3.61. The molecule has 1 N–H and O–H groups in total. The van der Waals surface area contributed by atoms with Gasteiger partial charge in [-0.3, -0.25) is 0 Å². The van der Waals surface area contributed by atoms with Gasteiger partial charge in [0.2, 0.25) is 0 Å². The molecule has 2 nitrogen and oxygen atoms in total. The third-order valence-electron chi connectivity index (χ3n) is 3.71. The van der Waals surface area contributed by atoms with Crippen molar-refractivity contribution in [1.29, 1.82) is 0 Å². The third-order valence-corrected chi connectivity index (χ3v) is 3.93. The molecule has 1 fully saturated rings. The molecular weight excluding hydrogens is 256 g/mol. The first kappa shape index (κ1) is 14.8. The number of nitrogens with zero attached hydrogens (tertiary/aromatic N) is 1. The number of benzene rings is 1. The lowest BCUT2D eigenvalue weighted by Gasteiger charge is -2.26. The Balaban J connectivity index is 1.60. The van der Waals surface area contributed by atoms with Crippen LogP contribution in [0.4, 0.5) is 0 Å².